The molecule has 41 heavy (non-hydrogen) atoms. The molecule has 198 valence electrons. The van der Waals surface area contributed by atoms with Crippen LogP contribution in [-0.4, -0.2) is 9.97 Å². The van der Waals surface area contributed by atoms with Crippen LogP contribution in [0.4, 0.5) is 0 Å². The molecular weight excluding hydrogens is 524 g/mol. The highest BCUT2D eigenvalue weighted by Gasteiger charge is 2.20. The Hall–Kier alpha value is -4.73. The SMILES string of the molecule is Cc1ccccc1-c1c(C)c2oc3c4ccccc4ccc3c2c2ccccc12.Cc1nc2ccccc2nc1Cl. The van der Waals surface area contributed by atoms with Gasteiger partial charge in [0, 0.05) is 21.7 Å². The Morgan fingerprint density at radius 3 is 1.98 bits per heavy atom. The highest BCUT2D eigenvalue weighted by Crippen LogP contribution is 2.44. The van der Waals surface area contributed by atoms with Gasteiger partial charge in [-0.05, 0) is 71.8 Å². The number of furan rings is 1. The molecule has 2 aromatic heterocycles. The van der Waals surface area contributed by atoms with Gasteiger partial charge in [-0.3, -0.25) is 0 Å². The first kappa shape index (κ1) is 25.3. The molecule has 0 unspecified atom stereocenters. The first-order valence-corrected chi connectivity index (χ1v) is 14.1. The molecule has 0 N–H and O–H groups in total. The van der Waals surface area contributed by atoms with Gasteiger partial charge in [-0.15, -0.1) is 0 Å². The largest absolute Gasteiger partial charge is 0.455 e. The highest BCUT2D eigenvalue weighted by atomic mass is 35.5. The Morgan fingerprint density at radius 1 is 0.561 bits per heavy atom. The van der Waals surface area contributed by atoms with Gasteiger partial charge in [-0.2, -0.15) is 0 Å². The number of nitrogens with zero attached hydrogens (tertiary/aromatic N) is 2. The molecule has 0 aliphatic rings. The number of rotatable bonds is 1. The van der Waals surface area contributed by atoms with E-state index in [1.165, 1.54) is 54.6 Å². The lowest BCUT2D eigenvalue weighted by Gasteiger charge is -2.14. The number of halogens is 1. The topological polar surface area (TPSA) is 38.9 Å². The van der Waals surface area contributed by atoms with Crippen LogP contribution in [0.1, 0.15) is 16.8 Å². The van der Waals surface area contributed by atoms with Crippen LogP contribution < -0.4 is 0 Å². The number of para-hydroxylation sites is 2. The maximum absolute atomic E-state index is 6.61. The van der Waals surface area contributed by atoms with E-state index in [0.717, 1.165) is 27.9 Å². The van der Waals surface area contributed by atoms with Gasteiger partial charge in [0.1, 0.15) is 11.2 Å². The van der Waals surface area contributed by atoms with Gasteiger partial charge in [0.25, 0.3) is 0 Å². The van der Waals surface area contributed by atoms with Gasteiger partial charge >= 0.3 is 0 Å². The van der Waals surface area contributed by atoms with Crippen molar-refractivity contribution in [2.45, 2.75) is 20.8 Å². The molecule has 0 aliphatic carbocycles. The predicted molar refractivity (Wildman–Crippen MR) is 173 cm³/mol. The van der Waals surface area contributed by atoms with Crippen molar-refractivity contribution in [1.29, 1.82) is 0 Å². The summed E-state index contributed by atoms with van der Waals surface area (Å²) in [4.78, 5) is 8.46. The number of fused-ring (bicyclic) bond motifs is 8. The summed E-state index contributed by atoms with van der Waals surface area (Å²) in [5.41, 5.74) is 9.50. The van der Waals surface area contributed by atoms with Crippen LogP contribution in [0.25, 0.3) is 65.6 Å². The van der Waals surface area contributed by atoms with Crippen molar-refractivity contribution in [3.05, 3.63) is 131 Å². The van der Waals surface area contributed by atoms with Crippen molar-refractivity contribution in [2.24, 2.45) is 0 Å². The van der Waals surface area contributed by atoms with Gasteiger partial charge in [0.05, 0.1) is 16.7 Å². The molecule has 3 nitrogen and oxygen atoms in total. The third kappa shape index (κ3) is 4.21. The first-order chi connectivity index (χ1) is 20.0. The average molecular weight is 551 g/mol. The van der Waals surface area contributed by atoms with Gasteiger partial charge in [0.2, 0.25) is 0 Å². The normalized spacial score (nSPS) is 11.4. The summed E-state index contributed by atoms with van der Waals surface area (Å²) in [6.45, 7) is 6.22. The molecular formula is C37H27ClN2O. The highest BCUT2D eigenvalue weighted by molar-refractivity contribution is 6.30. The lowest BCUT2D eigenvalue weighted by Crippen LogP contribution is -1.90. The molecule has 0 fully saturated rings. The van der Waals surface area contributed by atoms with Crippen LogP contribution in [0.5, 0.6) is 0 Å². The number of aromatic nitrogens is 2. The molecule has 0 amide bonds. The van der Waals surface area contributed by atoms with E-state index >= 15 is 0 Å². The Bertz CT molecular complexity index is 2220. The van der Waals surface area contributed by atoms with Crippen molar-refractivity contribution in [3.63, 3.8) is 0 Å². The zero-order valence-corrected chi connectivity index (χ0v) is 23.8. The lowest BCUT2D eigenvalue weighted by atomic mass is 9.89. The molecule has 0 spiro atoms. The Labute approximate surface area is 243 Å². The Kier molecular flexibility index (Phi) is 6.18. The Balaban J connectivity index is 0.000000193. The van der Waals surface area contributed by atoms with Crippen molar-refractivity contribution in [2.75, 3.05) is 0 Å². The second-order valence-corrected chi connectivity index (χ2v) is 10.8. The van der Waals surface area contributed by atoms with Crippen molar-refractivity contribution in [1.82, 2.24) is 9.97 Å². The summed E-state index contributed by atoms with van der Waals surface area (Å²) < 4.78 is 6.61. The average Bonchev–Trinajstić information content (AvgIpc) is 3.40. The van der Waals surface area contributed by atoms with Gasteiger partial charge in [0.15, 0.2) is 5.15 Å². The predicted octanol–water partition coefficient (Wildman–Crippen LogP) is 10.8. The summed E-state index contributed by atoms with van der Waals surface area (Å²) in [6.07, 6.45) is 0. The van der Waals surface area contributed by atoms with E-state index in [0.29, 0.717) is 5.15 Å². The minimum absolute atomic E-state index is 0.480. The molecule has 0 atom stereocenters. The molecule has 6 aromatic carbocycles. The summed E-state index contributed by atoms with van der Waals surface area (Å²) in [5, 5.41) is 7.80. The molecule has 0 aliphatic heterocycles. The van der Waals surface area contributed by atoms with Gasteiger partial charge in [-0.1, -0.05) is 103 Å². The van der Waals surface area contributed by atoms with E-state index in [1.54, 1.807) is 0 Å². The summed E-state index contributed by atoms with van der Waals surface area (Å²) >= 11 is 5.81. The van der Waals surface area contributed by atoms with E-state index in [-0.39, 0.29) is 0 Å². The third-order valence-electron chi connectivity index (χ3n) is 7.86. The molecule has 0 radical (unpaired) electrons. The van der Waals surface area contributed by atoms with Gasteiger partial charge < -0.3 is 4.42 Å². The van der Waals surface area contributed by atoms with Crippen LogP contribution in [0, 0.1) is 20.8 Å². The quantitative estimate of drug-likeness (QED) is 0.204. The number of aryl methyl sites for hydroxylation is 3. The molecule has 0 saturated heterocycles. The standard InChI is InChI=1S/C28H20O.C9H7ClN2/c1-17-9-3-5-11-20(17)25-18(2)27-26(23-14-8-7-13-22(23)25)24-16-15-19-10-4-6-12-21(19)28(24)29-27;1-6-9(10)12-8-5-3-2-4-7(8)11-6/h3-16H,1-2H3;2-5H,1H3. The second kappa shape index (κ2) is 10.0. The molecule has 2 heterocycles. The molecule has 0 saturated carbocycles. The van der Waals surface area contributed by atoms with Crippen molar-refractivity contribution < 1.29 is 4.42 Å². The van der Waals surface area contributed by atoms with E-state index in [9.17, 15) is 0 Å². The molecule has 0 bridgehead atoms. The van der Waals surface area contributed by atoms with Crippen LogP contribution in [0.3, 0.4) is 0 Å². The van der Waals surface area contributed by atoms with Crippen molar-refractivity contribution in [3.8, 4) is 11.1 Å². The van der Waals surface area contributed by atoms with Gasteiger partial charge in [-0.25, -0.2) is 9.97 Å². The van der Waals surface area contributed by atoms with E-state index in [4.69, 9.17) is 16.0 Å². The number of benzene rings is 6. The lowest BCUT2D eigenvalue weighted by molar-refractivity contribution is 0.670. The summed E-state index contributed by atoms with van der Waals surface area (Å²) in [5.74, 6) is 0. The fraction of sp³-hybridized carbons (Fsp3) is 0.0811. The van der Waals surface area contributed by atoms with Crippen molar-refractivity contribution >= 4 is 66.1 Å². The molecule has 4 heteroatoms. The smallest absolute Gasteiger partial charge is 0.150 e. The fourth-order valence-corrected chi connectivity index (χ4v) is 5.99. The molecule has 8 aromatic rings. The van der Waals surface area contributed by atoms with E-state index in [1.807, 2.05) is 31.2 Å². The zero-order valence-electron chi connectivity index (χ0n) is 23.1. The maximum Gasteiger partial charge on any atom is 0.150 e. The van der Waals surface area contributed by atoms with Crippen LogP contribution >= 0.6 is 11.6 Å². The minimum Gasteiger partial charge on any atom is -0.455 e. The van der Waals surface area contributed by atoms with Crippen LogP contribution in [0.2, 0.25) is 5.15 Å². The second-order valence-electron chi connectivity index (χ2n) is 10.4. The minimum atomic E-state index is 0.480. The first-order valence-electron chi connectivity index (χ1n) is 13.7. The summed E-state index contributed by atoms with van der Waals surface area (Å²) in [6, 6.07) is 37.9. The van der Waals surface area contributed by atoms with Crippen LogP contribution in [0.15, 0.2) is 114 Å². The summed E-state index contributed by atoms with van der Waals surface area (Å²) in [7, 11) is 0. The monoisotopic (exact) mass is 550 g/mol. The van der Waals surface area contributed by atoms with E-state index < -0.39 is 0 Å². The fourth-order valence-electron chi connectivity index (χ4n) is 5.86. The maximum atomic E-state index is 6.61. The number of hydrogen-bond acceptors (Lipinski definition) is 3. The third-order valence-corrected chi connectivity index (χ3v) is 8.22. The number of hydrogen-bond donors (Lipinski definition) is 0. The molecule has 8 rings (SSSR count). The zero-order chi connectivity index (χ0) is 28.1. The van der Waals surface area contributed by atoms with Crippen LogP contribution in [-0.2, 0) is 0 Å². The Morgan fingerprint density at radius 2 is 1.20 bits per heavy atom. The van der Waals surface area contributed by atoms with E-state index in [2.05, 4.69) is 109 Å².